The molecule has 0 aliphatic carbocycles. The van der Waals surface area contributed by atoms with Gasteiger partial charge < -0.3 is 14.9 Å². The average Bonchev–Trinajstić information content (AvgIpc) is 2.92. The van der Waals surface area contributed by atoms with Crippen LogP contribution in [0.25, 0.3) is 10.6 Å². The maximum Gasteiger partial charge on any atom is 0.350 e. The lowest BCUT2D eigenvalue weighted by molar-refractivity contribution is 0.0607. The Kier molecular flexibility index (Phi) is 4.01. The van der Waals surface area contributed by atoms with E-state index in [1.165, 1.54) is 18.4 Å². The third-order valence-corrected chi connectivity index (χ3v) is 4.37. The summed E-state index contributed by atoms with van der Waals surface area (Å²) in [4.78, 5) is 13.0. The molecule has 0 atom stereocenters. The molecule has 0 amide bonds. The van der Waals surface area contributed by atoms with Crippen LogP contribution in [-0.2, 0) is 4.74 Å². The molecule has 0 radical (unpaired) electrons. The first-order chi connectivity index (χ1) is 8.95. The van der Waals surface area contributed by atoms with Crippen molar-refractivity contribution in [3.05, 3.63) is 27.2 Å². The lowest BCUT2D eigenvalue weighted by Gasteiger charge is -2.07. The Morgan fingerprint density at radius 2 is 2.16 bits per heavy atom. The van der Waals surface area contributed by atoms with E-state index in [1.54, 1.807) is 0 Å². The molecule has 4 nitrogen and oxygen atoms in total. The molecule has 6 heteroatoms. The Bertz CT molecular complexity index is 615. The number of rotatable bonds is 3. The highest BCUT2D eigenvalue weighted by atomic mass is 79.9. The van der Waals surface area contributed by atoms with Crippen LogP contribution in [0.1, 0.15) is 35.0 Å². The number of hydrogen-bond donors (Lipinski definition) is 1. The van der Waals surface area contributed by atoms with Gasteiger partial charge in [0.1, 0.15) is 10.6 Å². The molecule has 2 N–H and O–H groups in total. The molecule has 0 saturated heterocycles. The van der Waals surface area contributed by atoms with E-state index in [-0.39, 0.29) is 5.92 Å². The van der Waals surface area contributed by atoms with Crippen molar-refractivity contribution in [2.24, 2.45) is 0 Å². The van der Waals surface area contributed by atoms with Crippen LogP contribution >= 0.6 is 27.3 Å². The summed E-state index contributed by atoms with van der Waals surface area (Å²) in [5, 5.41) is 0. The fourth-order valence-electron chi connectivity index (χ4n) is 1.89. The van der Waals surface area contributed by atoms with Crippen LogP contribution in [0.4, 0.5) is 5.69 Å². The lowest BCUT2D eigenvalue weighted by Crippen LogP contribution is -2.03. The molecule has 102 valence electrons. The molecule has 0 fully saturated rings. The second-order valence-corrected chi connectivity index (χ2v) is 6.14. The van der Waals surface area contributed by atoms with Crippen molar-refractivity contribution in [1.29, 1.82) is 0 Å². The monoisotopic (exact) mass is 343 g/mol. The molecule has 2 rings (SSSR count). The van der Waals surface area contributed by atoms with E-state index in [1.807, 2.05) is 26.0 Å². The Labute approximate surface area is 123 Å². The van der Waals surface area contributed by atoms with Crippen LogP contribution in [-0.4, -0.2) is 13.1 Å². The van der Waals surface area contributed by atoms with Gasteiger partial charge in [-0.3, -0.25) is 0 Å². The number of anilines is 1. The standard InChI is InChI=1S/C13H14BrNO3S/c1-6(2)9-10(15)12(13(16)17-3)19-11(9)7-4-5-8(14)18-7/h4-6H,15H2,1-3H3. The van der Waals surface area contributed by atoms with Gasteiger partial charge in [0.25, 0.3) is 0 Å². The van der Waals surface area contributed by atoms with Crippen molar-refractivity contribution in [2.45, 2.75) is 19.8 Å². The minimum atomic E-state index is -0.415. The molecule has 19 heavy (non-hydrogen) atoms. The van der Waals surface area contributed by atoms with Gasteiger partial charge in [0, 0.05) is 5.56 Å². The zero-order chi connectivity index (χ0) is 14.2. The van der Waals surface area contributed by atoms with Crippen LogP contribution in [0, 0.1) is 0 Å². The normalized spacial score (nSPS) is 11.0. The molecular weight excluding hydrogens is 330 g/mol. The van der Waals surface area contributed by atoms with Crippen molar-refractivity contribution in [2.75, 3.05) is 12.8 Å². The first-order valence-corrected chi connectivity index (χ1v) is 7.32. The fraction of sp³-hybridized carbons (Fsp3) is 0.308. The van der Waals surface area contributed by atoms with Crippen molar-refractivity contribution < 1.29 is 13.9 Å². The minimum absolute atomic E-state index is 0.188. The van der Waals surface area contributed by atoms with E-state index >= 15 is 0 Å². The number of nitrogens with two attached hydrogens (primary N) is 1. The van der Waals surface area contributed by atoms with E-state index in [2.05, 4.69) is 15.9 Å². The summed E-state index contributed by atoms with van der Waals surface area (Å²) >= 11 is 4.57. The largest absolute Gasteiger partial charge is 0.465 e. The Morgan fingerprint density at radius 3 is 2.63 bits per heavy atom. The van der Waals surface area contributed by atoms with Crippen molar-refractivity contribution in [3.63, 3.8) is 0 Å². The first-order valence-electron chi connectivity index (χ1n) is 5.71. The Morgan fingerprint density at radius 1 is 1.47 bits per heavy atom. The average molecular weight is 344 g/mol. The number of methoxy groups -OCH3 is 1. The molecule has 2 aromatic rings. The molecule has 0 bridgehead atoms. The molecule has 0 aromatic carbocycles. The van der Waals surface area contributed by atoms with Gasteiger partial charge in [-0.25, -0.2) is 4.79 Å². The number of nitrogen functional groups attached to an aromatic ring is 1. The maximum atomic E-state index is 11.7. The van der Waals surface area contributed by atoms with E-state index in [0.29, 0.717) is 21.0 Å². The predicted molar refractivity (Wildman–Crippen MR) is 79.6 cm³/mol. The zero-order valence-electron chi connectivity index (χ0n) is 10.8. The highest BCUT2D eigenvalue weighted by Gasteiger charge is 2.25. The molecular formula is C13H14BrNO3S. The van der Waals surface area contributed by atoms with Gasteiger partial charge in [-0.2, -0.15) is 0 Å². The summed E-state index contributed by atoms with van der Waals surface area (Å²) in [6.45, 7) is 4.06. The van der Waals surface area contributed by atoms with E-state index in [0.717, 1.165) is 10.4 Å². The number of halogens is 1. The van der Waals surface area contributed by atoms with Crippen LogP contribution in [0.15, 0.2) is 21.2 Å². The number of carbonyl (C=O) groups is 1. The van der Waals surface area contributed by atoms with Gasteiger partial charge in [0.2, 0.25) is 0 Å². The van der Waals surface area contributed by atoms with Crippen LogP contribution in [0.3, 0.4) is 0 Å². The van der Waals surface area contributed by atoms with Crippen molar-refractivity contribution in [1.82, 2.24) is 0 Å². The summed E-state index contributed by atoms with van der Waals surface area (Å²) in [5.41, 5.74) is 7.49. The second-order valence-electron chi connectivity index (χ2n) is 4.34. The number of carbonyl (C=O) groups excluding carboxylic acids is 1. The van der Waals surface area contributed by atoms with E-state index in [4.69, 9.17) is 14.9 Å². The zero-order valence-corrected chi connectivity index (χ0v) is 13.2. The second kappa shape index (κ2) is 5.38. The Hall–Kier alpha value is -1.27. The first kappa shape index (κ1) is 14.1. The van der Waals surface area contributed by atoms with Gasteiger partial charge in [-0.05, 0) is 34.0 Å². The van der Waals surface area contributed by atoms with Crippen molar-refractivity contribution >= 4 is 38.9 Å². The summed E-state index contributed by atoms with van der Waals surface area (Å²) in [7, 11) is 1.35. The van der Waals surface area contributed by atoms with Crippen LogP contribution < -0.4 is 5.73 Å². The highest BCUT2D eigenvalue weighted by molar-refractivity contribution is 9.10. The molecule has 0 aliphatic rings. The van der Waals surface area contributed by atoms with Crippen LogP contribution in [0.5, 0.6) is 0 Å². The van der Waals surface area contributed by atoms with Gasteiger partial charge in [-0.15, -0.1) is 11.3 Å². The van der Waals surface area contributed by atoms with Gasteiger partial charge in [0.15, 0.2) is 4.67 Å². The van der Waals surface area contributed by atoms with Gasteiger partial charge in [-0.1, -0.05) is 13.8 Å². The maximum absolute atomic E-state index is 11.7. The minimum Gasteiger partial charge on any atom is -0.465 e. The van der Waals surface area contributed by atoms with Crippen LogP contribution in [0.2, 0.25) is 0 Å². The number of furan rings is 1. The van der Waals surface area contributed by atoms with Crippen molar-refractivity contribution in [3.8, 4) is 10.6 Å². The molecule has 0 unspecified atom stereocenters. The molecule has 0 saturated carbocycles. The summed E-state index contributed by atoms with van der Waals surface area (Å²) in [6.07, 6.45) is 0. The number of ether oxygens (including phenoxy) is 1. The smallest absolute Gasteiger partial charge is 0.350 e. The summed E-state index contributed by atoms with van der Waals surface area (Å²) in [6, 6.07) is 3.66. The molecule has 0 aliphatic heterocycles. The lowest BCUT2D eigenvalue weighted by atomic mass is 10.0. The van der Waals surface area contributed by atoms with E-state index < -0.39 is 5.97 Å². The summed E-state index contributed by atoms with van der Waals surface area (Å²) in [5.74, 6) is 0.470. The molecule has 0 spiro atoms. The van der Waals surface area contributed by atoms with Gasteiger partial charge in [0.05, 0.1) is 17.7 Å². The predicted octanol–water partition coefficient (Wildman–Crippen LogP) is 4.26. The molecule has 2 aromatic heterocycles. The number of esters is 1. The quantitative estimate of drug-likeness (QED) is 0.845. The van der Waals surface area contributed by atoms with Gasteiger partial charge >= 0.3 is 5.97 Å². The highest BCUT2D eigenvalue weighted by Crippen LogP contribution is 2.43. The number of hydrogen-bond acceptors (Lipinski definition) is 5. The Balaban J connectivity index is 2.63. The third-order valence-electron chi connectivity index (χ3n) is 2.73. The third kappa shape index (κ3) is 2.55. The summed E-state index contributed by atoms with van der Waals surface area (Å²) < 4.78 is 11.0. The molecule has 2 heterocycles. The fourth-order valence-corrected chi connectivity index (χ4v) is 3.46. The topological polar surface area (TPSA) is 65.5 Å². The SMILES string of the molecule is COC(=O)c1sc(-c2ccc(Br)o2)c(C(C)C)c1N. The number of thiophene rings is 1. The van der Waals surface area contributed by atoms with E-state index in [9.17, 15) is 4.79 Å².